The summed E-state index contributed by atoms with van der Waals surface area (Å²) in [7, 11) is 0. The standard InChI is InChI=1S/C18H19ClFN3/c19-18-7-2-1-5-16(18)14-22-8-10-23(11-9-22)21-13-15-4-3-6-17(20)12-15/h1-7,12-13H,8-11,14H2/b21-13-. The van der Waals surface area contributed by atoms with Gasteiger partial charge < -0.3 is 0 Å². The van der Waals surface area contributed by atoms with Crippen molar-refractivity contribution in [1.82, 2.24) is 9.91 Å². The smallest absolute Gasteiger partial charge is 0.123 e. The van der Waals surface area contributed by atoms with Gasteiger partial charge in [-0.1, -0.05) is 41.9 Å². The van der Waals surface area contributed by atoms with E-state index in [1.807, 2.05) is 29.3 Å². The van der Waals surface area contributed by atoms with Crippen LogP contribution in [0.4, 0.5) is 4.39 Å². The highest BCUT2D eigenvalue weighted by Crippen LogP contribution is 2.17. The first-order valence-corrected chi connectivity index (χ1v) is 8.09. The summed E-state index contributed by atoms with van der Waals surface area (Å²) in [6, 6.07) is 14.4. The van der Waals surface area contributed by atoms with E-state index in [0.717, 1.165) is 48.9 Å². The first-order valence-electron chi connectivity index (χ1n) is 7.71. The fourth-order valence-corrected chi connectivity index (χ4v) is 2.81. The molecule has 1 aliphatic heterocycles. The second-order valence-electron chi connectivity index (χ2n) is 5.62. The molecule has 0 radical (unpaired) electrons. The molecule has 0 unspecified atom stereocenters. The van der Waals surface area contributed by atoms with Gasteiger partial charge in [0.1, 0.15) is 5.82 Å². The van der Waals surface area contributed by atoms with E-state index in [4.69, 9.17) is 11.6 Å². The summed E-state index contributed by atoms with van der Waals surface area (Å²) in [6.07, 6.45) is 1.72. The van der Waals surface area contributed by atoms with Gasteiger partial charge in [-0.2, -0.15) is 5.10 Å². The van der Waals surface area contributed by atoms with Crippen LogP contribution in [0.2, 0.25) is 5.02 Å². The SMILES string of the molecule is Fc1cccc(/C=N\N2CCN(Cc3ccccc3Cl)CC2)c1. The van der Waals surface area contributed by atoms with E-state index in [1.165, 1.54) is 12.1 Å². The molecule has 3 rings (SSSR count). The molecule has 1 aliphatic rings. The van der Waals surface area contributed by atoms with Crippen molar-refractivity contribution >= 4 is 17.8 Å². The van der Waals surface area contributed by atoms with Crippen molar-refractivity contribution < 1.29 is 4.39 Å². The van der Waals surface area contributed by atoms with Gasteiger partial charge in [-0.25, -0.2) is 4.39 Å². The maximum absolute atomic E-state index is 13.1. The average molecular weight is 332 g/mol. The molecule has 0 aromatic heterocycles. The number of hydrazone groups is 1. The molecule has 0 N–H and O–H groups in total. The minimum absolute atomic E-state index is 0.237. The van der Waals surface area contributed by atoms with Crippen LogP contribution in [0.25, 0.3) is 0 Å². The fourth-order valence-electron chi connectivity index (χ4n) is 2.61. The van der Waals surface area contributed by atoms with Crippen LogP contribution in [0.5, 0.6) is 0 Å². The third-order valence-corrected chi connectivity index (χ3v) is 4.29. The molecule has 3 nitrogen and oxygen atoms in total. The molecular weight excluding hydrogens is 313 g/mol. The van der Waals surface area contributed by atoms with Gasteiger partial charge in [0.25, 0.3) is 0 Å². The van der Waals surface area contributed by atoms with Gasteiger partial charge in [-0.3, -0.25) is 9.91 Å². The Morgan fingerprint density at radius 3 is 2.57 bits per heavy atom. The monoisotopic (exact) mass is 331 g/mol. The molecule has 0 amide bonds. The molecule has 1 saturated heterocycles. The predicted octanol–water partition coefficient (Wildman–Crippen LogP) is 3.63. The Morgan fingerprint density at radius 2 is 1.83 bits per heavy atom. The topological polar surface area (TPSA) is 18.8 Å². The Bertz CT molecular complexity index is 681. The first kappa shape index (κ1) is 16.0. The Labute approximate surface area is 141 Å². The van der Waals surface area contributed by atoms with Gasteiger partial charge in [0.05, 0.1) is 6.21 Å². The summed E-state index contributed by atoms with van der Waals surface area (Å²) in [4.78, 5) is 2.37. The molecule has 120 valence electrons. The Kier molecular flexibility index (Phi) is 5.26. The lowest BCUT2D eigenvalue weighted by Gasteiger charge is -2.33. The fraction of sp³-hybridized carbons (Fsp3) is 0.278. The highest BCUT2D eigenvalue weighted by atomic mass is 35.5. The molecule has 2 aromatic carbocycles. The molecule has 1 fully saturated rings. The minimum atomic E-state index is -0.237. The molecule has 2 aromatic rings. The van der Waals surface area contributed by atoms with Crippen LogP contribution >= 0.6 is 11.6 Å². The summed E-state index contributed by atoms with van der Waals surface area (Å²) in [6.45, 7) is 4.45. The van der Waals surface area contributed by atoms with Crippen LogP contribution < -0.4 is 0 Å². The van der Waals surface area contributed by atoms with E-state index in [-0.39, 0.29) is 5.82 Å². The van der Waals surface area contributed by atoms with E-state index < -0.39 is 0 Å². The highest BCUT2D eigenvalue weighted by molar-refractivity contribution is 6.31. The van der Waals surface area contributed by atoms with Crippen LogP contribution in [0.3, 0.4) is 0 Å². The van der Waals surface area contributed by atoms with Crippen molar-refractivity contribution in [3.8, 4) is 0 Å². The number of halogens is 2. The van der Waals surface area contributed by atoms with Crippen LogP contribution in [0.15, 0.2) is 53.6 Å². The molecule has 0 atom stereocenters. The number of hydrogen-bond acceptors (Lipinski definition) is 3. The normalized spacial score (nSPS) is 16.2. The molecule has 5 heteroatoms. The summed E-state index contributed by atoms with van der Waals surface area (Å²) in [5.41, 5.74) is 1.94. The zero-order chi connectivity index (χ0) is 16.1. The van der Waals surface area contributed by atoms with Crippen molar-refractivity contribution in [2.75, 3.05) is 26.2 Å². The summed E-state index contributed by atoms with van der Waals surface area (Å²) >= 11 is 6.21. The molecule has 23 heavy (non-hydrogen) atoms. The highest BCUT2D eigenvalue weighted by Gasteiger charge is 2.16. The van der Waals surface area contributed by atoms with E-state index in [2.05, 4.69) is 16.1 Å². The minimum Gasteiger partial charge on any atom is -0.295 e. The largest absolute Gasteiger partial charge is 0.295 e. The number of piperazine rings is 1. The van der Waals surface area contributed by atoms with Crippen molar-refractivity contribution in [3.05, 3.63) is 70.5 Å². The molecule has 0 saturated carbocycles. The van der Waals surface area contributed by atoms with Crippen molar-refractivity contribution in [3.63, 3.8) is 0 Å². The third kappa shape index (κ3) is 4.53. The zero-order valence-electron chi connectivity index (χ0n) is 12.8. The summed E-state index contributed by atoms with van der Waals surface area (Å²) in [5.74, 6) is -0.237. The van der Waals surface area contributed by atoms with Crippen LogP contribution in [-0.2, 0) is 6.54 Å². The molecule has 0 bridgehead atoms. The van der Waals surface area contributed by atoms with Crippen molar-refractivity contribution in [1.29, 1.82) is 0 Å². The van der Waals surface area contributed by atoms with E-state index >= 15 is 0 Å². The maximum atomic E-state index is 13.1. The Hall–Kier alpha value is -1.91. The van der Waals surface area contributed by atoms with E-state index in [9.17, 15) is 4.39 Å². The molecule has 1 heterocycles. The lowest BCUT2D eigenvalue weighted by molar-refractivity contribution is 0.131. The Morgan fingerprint density at radius 1 is 1.04 bits per heavy atom. The van der Waals surface area contributed by atoms with Crippen LogP contribution in [0.1, 0.15) is 11.1 Å². The quantitative estimate of drug-likeness (QED) is 0.797. The number of rotatable bonds is 4. The van der Waals surface area contributed by atoms with Gasteiger partial charge in [0.15, 0.2) is 0 Å². The lowest BCUT2D eigenvalue weighted by Crippen LogP contribution is -2.43. The third-order valence-electron chi connectivity index (χ3n) is 3.92. The first-order chi connectivity index (χ1) is 11.2. The van der Waals surface area contributed by atoms with Gasteiger partial charge >= 0.3 is 0 Å². The van der Waals surface area contributed by atoms with Crippen molar-refractivity contribution in [2.24, 2.45) is 5.10 Å². The second-order valence-corrected chi connectivity index (χ2v) is 6.03. The number of benzene rings is 2. The predicted molar refractivity (Wildman–Crippen MR) is 92.3 cm³/mol. The molecular formula is C18H19ClFN3. The summed E-state index contributed by atoms with van der Waals surface area (Å²) < 4.78 is 13.1. The second kappa shape index (κ2) is 7.57. The number of hydrogen-bond donors (Lipinski definition) is 0. The van der Waals surface area contributed by atoms with Gasteiger partial charge in [0, 0.05) is 37.7 Å². The Balaban J connectivity index is 1.51. The lowest BCUT2D eigenvalue weighted by atomic mass is 10.2. The zero-order valence-corrected chi connectivity index (χ0v) is 13.6. The van der Waals surface area contributed by atoms with Crippen molar-refractivity contribution in [2.45, 2.75) is 6.54 Å². The van der Waals surface area contributed by atoms with Crippen LogP contribution in [0, 0.1) is 5.82 Å². The van der Waals surface area contributed by atoms with Gasteiger partial charge in [0.2, 0.25) is 0 Å². The van der Waals surface area contributed by atoms with E-state index in [1.54, 1.807) is 12.3 Å². The molecule has 0 spiro atoms. The van der Waals surface area contributed by atoms with Crippen LogP contribution in [-0.4, -0.2) is 42.3 Å². The maximum Gasteiger partial charge on any atom is 0.123 e. The van der Waals surface area contributed by atoms with E-state index in [0.29, 0.717) is 0 Å². The van der Waals surface area contributed by atoms with Gasteiger partial charge in [-0.05, 0) is 29.3 Å². The summed E-state index contributed by atoms with van der Waals surface area (Å²) in [5, 5.41) is 7.28. The number of nitrogens with zero attached hydrogens (tertiary/aromatic N) is 3. The van der Waals surface area contributed by atoms with Gasteiger partial charge in [-0.15, -0.1) is 0 Å². The average Bonchev–Trinajstić information content (AvgIpc) is 2.56. The molecule has 0 aliphatic carbocycles.